The Morgan fingerprint density at radius 3 is 2.33 bits per heavy atom. The van der Waals surface area contributed by atoms with Crippen LogP contribution in [0.5, 0.6) is 0 Å². The molecule has 8 heteroatoms. The molecule has 0 aromatic heterocycles. The maximum atomic E-state index is 13.6. The predicted molar refractivity (Wildman–Crippen MR) is 95.4 cm³/mol. The summed E-state index contributed by atoms with van der Waals surface area (Å²) in [6.07, 6.45) is -0.164. The van der Waals surface area contributed by atoms with Crippen LogP contribution >= 0.6 is 0 Å². The van der Waals surface area contributed by atoms with Gasteiger partial charge in [-0.15, -0.1) is 0 Å². The second-order valence-electron chi connectivity index (χ2n) is 8.80. The van der Waals surface area contributed by atoms with E-state index in [0.717, 1.165) is 4.90 Å². The van der Waals surface area contributed by atoms with Crippen LogP contribution in [-0.2, 0) is 14.3 Å². The maximum absolute atomic E-state index is 13.6. The molecule has 2 atom stereocenters. The Morgan fingerprint density at radius 2 is 1.85 bits per heavy atom. The van der Waals surface area contributed by atoms with E-state index in [1.807, 2.05) is 0 Å². The molecule has 2 fully saturated rings. The summed E-state index contributed by atoms with van der Waals surface area (Å²) < 4.78 is 32.5. The summed E-state index contributed by atoms with van der Waals surface area (Å²) in [4.78, 5) is 37.7. The number of halogens is 2. The highest BCUT2D eigenvalue weighted by molar-refractivity contribution is 5.84. The van der Waals surface area contributed by atoms with Crippen LogP contribution in [0.3, 0.4) is 0 Å². The van der Waals surface area contributed by atoms with Crippen molar-refractivity contribution in [2.45, 2.75) is 77.4 Å². The van der Waals surface area contributed by atoms with Gasteiger partial charge in [-0.1, -0.05) is 6.92 Å². The average molecular weight is 388 g/mol. The van der Waals surface area contributed by atoms with Crippen molar-refractivity contribution >= 4 is 17.8 Å². The molecule has 27 heavy (non-hydrogen) atoms. The van der Waals surface area contributed by atoms with E-state index in [1.54, 1.807) is 27.7 Å². The van der Waals surface area contributed by atoms with Crippen LogP contribution in [0.4, 0.5) is 13.6 Å². The largest absolute Gasteiger partial charge is 0.436 e. The second-order valence-corrected chi connectivity index (χ2v) is 8.80. The lowest BCUT2D eigenvalue weighted by Gasteiger charge is -2.34. The monoisotopic (exact) mass is 388 g/mol. The van der Waals surface area contributed by atoms with Crippen molar-refractivity contribution in [1.29, 1.82) is 0 Å². The molecule has 0 unspecified atom stereocenters. The highest BCUT2D eigenvalue weighted by Gasteiger charge is 2.45. The van der Waals surface area contributed by atoms with Gasteiger partial charge in [-0.3, -0.25) is 9.59 Å². The van der Waals surface area contributed by atoms with Gasteiger partial charge in [0.25, 0.3) is 11.8 Å². The van der Waals surface area contributed by atoms with Crippen LogP contribution < -0.4 is 5.32 Å². The quantitative estimate of drug-likeness (QED) is 0.803. The molecular weight excluding hydrogens is 358 g/mol. The van der Waals surface area contributed by atoms with E-state index in [0.29, 0.717) is 25.7 Å². The number of hydrogen-bond donors (Lipinski definition) is 1. The van der Waals surface area contributed by atoms with E-state index >= 15 is 0 Å². The maximum Gasteiger partial charge on any atom is 0.408 e. The summed E-state index contributed by atoms with van der Waals surface area (Å²) >= 11 is 0. The smallest absolute Gasteiger partial charge is 0.408 e. The predicted octanol–water partition coefficient (Wildman–Crippen LogP) is 3.14. The van der Waals surface area contributed by atoms with Crippen molar-refractivity contribution in [2.75, 3.05) is 13.1 Å². The molecule has 0 aromatic rings. The SMILES string of the molecule is C[C@@H](C1CCC(=O)CC1)[C@H](OC(=O)NC(C)(C)C)C(=O)N1CCC(F)(F)C1. The number of Topliss-reactive ketones (excluding diaryl/α,β-unsaturated/α-hetero) is 1. The zero-order valence-electron chi connectivity index (χ0n) is 16.5. The Bertz CT molecular complexity index is 579. The van der Waals surface area contributed by atoms with Crippen LogP contribution in [0, 0.1) is 11.8 Å². The number of ether oxygens (including phenoxy) is 1. The van der Waals surface area contributed by atoms with E-state index in [-0.39, 0.29) is 30.6 Å². The number of amides is 2. The van der Waals surface area contributed by atoms with Crippen LogP contribution in [0.1, 0.15) is 59.8 Å². The molecule has 0 bridgehead atoms. The van der Waals surface area contributed by atoms with Crippen molar-refractivity contribution in [3.05, 3.63) is 0 Å². The van der Waals surface area contributed by atoms with Gasteiger partial charge in [0.1, 0.15) is 5.78 Å². The fourth-order valence-electron chi connectivity index (χ4n) is 3.67. The van der Waals surface area contributed by atoms with Gasteiger partial charge in [-0.2, -0.15) is 0 Å². The highest BCUT2D eigenvalue weighted by Crippen LogP contribution is 2.34. The van der Waals surface area contributed by atoms with Crippen LogP contribution in [-0.4, -0.2) is 53.3 Å². The molecule has 1 heterocycles. The zero-order valence-corrected chi connectivity index (χ0v) is 16.5. The third kappa shape index (κ3) is 6.14. The van der Waals surface area contributed by atoms with Gasteiger partial charge in [0, 0.05) is 37.3 Å². The minimum atomic E-state index is -2.91. The molecule has 2 aliphatic rings. The Kier molecular flexibility index (Phi) is 6.47. The Labute approximate surface area is 159 Å². The molecule has 0 spiro atoms. The lowest BCUT2D eigenvalue weighted by molar-refractivity contribution is -0.145. The molecule has 154 valence electrons. The number of rotatable bonds is 4. The molecule has 1 saturated carbocycles. The third-order valence-corrected chi connectivity index (χ3v) is 5.24. The number of likely N-dealkylation sites (tertiary alicyclic amines) is 1. The van der Waals surface area contributed by atoms with Crippen molar-refractivity contribution in [1.82, 2.24) is 10.2 Å². The van der Waals surface area contributed by atoms with Crippen molar-refractivity contribution in [2.24, 2.45) is 11.8 Å². The van der Waals surface area contributed by atoms with Crippen LogP contribution in [0.25, 0.3) is 0 Å². The number of ketones is 1. The summed E-state index contributed by atoms with van der Waals surface area (Å²) in [5, 5.41) is 2.64. The Morgan fingerprint density at radius 1 is 1.26 bits per heavy atom. The normalized spacial score (nSPS) is 23.0. The summed E-state index contributed by atoms with van der Waals surface area (Å²) in [5.41, 5.74) is -0.550. The summed E-state index contributed by atoms with van der Waals surface area (Å²) in [6.45, 7) is 6.43. The minimum Gasteiger partial charge on any atom is -0.436 e. The number of carbonyl (C=O) groups is 3. The first-order valence-corrected chi connectivity index (χ1v) is 9.55. The van der Waals surface area contributed by atoms with Crippen molar-refractivity contribution in [3.63, 3.8) is 0 Å². The summed E-state index contributed by atoms with van der Waals surface area (Å²) in [6, 6.07) is 0. The number of nitrogens with zero attached hydrogens (tertiary/aromatic N) is 1. The minimum absolute atomic E-state index is 0.0298. The lowest BCUT2D eigenvalue weighted by Crippen LogP contribution is -2.50. The van der Waals surface area contributed by atoms with Gasteiger partial charge < -0.3 is 15.0 Å². The van der Waals surface area contributed by atoms with E-state index in [2.05, 4.69) is 5.32 Å². The Hall–Kier alpha value is -1.73. The number of alkyl carbamates (subject to hydrolysis) is 1. The zero-order chi connectivity index (χ0) is 20.4. The number of hydrogen-bond acceptors (Lipinski definition) is 4. The number of alkyl halides is 2. The van der Waals surface area contributed by atoms with Gasteiger partial charge >= 0.3 is 6.09 Å². The van der Waals surface area contributed by atoms with Crippen molar-refractivity contribution in [3.8, 4) is 0 Å². The molecular formula is C19H30F2N2O4. The Balaban J connectivity index is 2.13. The number of nitrogens with one attached hydrogen (secondary N) is 1. The van der Waals surface area contributed by atoms with Crippen molar-refractivity contribution < 1.29 is 27.9 Å². The molecule has 1 aliphatic heterocycles. The molecule has 1 N–H and O–H groups in total. The fraction of sp³-hybridized carbons (Fsp3) is 0.842. The summed E-state index contributed by atoms with van der Waals surface area (Å²) in [5.74, 6) is -3.63. The van der Waals surface area contributed by atoms with Gasteiger partial charge in [0.15, 0.2) is 6.10 Å². The van der Waals surface area contributed by atoms with Gasteiger partial charge in [0.05, 0.1) is 6.54 Å². The molecule has 1 saturated heterocycles. The van der Waals surface area contributed by atoms with E-state index in [9.17, 15) is 23.2 Å². The molecule has 0 aromatic carbocycles. The van der Waals surface area contributed by atoms with Gasteiger partial charge in [-0.05, 0) is 39.5 Å². The average Bonchev–Trinajstić information content (AvgIpc) is 2.90. The van der Waals surface area contributed by atoms with Crippen LogP contribution in [0.2, 0.25) is 0 Å². The third-order valence-electron chi connectivity index (χ3n) is 5.24. The van der Waals surface area contributed by atoms with E-state index < -0.39 is 36.1 Å². The van der Waals surface area contributed by atoms with Crippen LogP contribution in [0.15, 0.2) is 0 Å². The first kappa shape index (κ1) is 21.6. The lowest BCUT2D eigenvalue weighted by atomic mass is 9.77. The van der Waals surface area contributed by atoms with Gasteiger partial charge in [0.2, 0.25) is 0 Å². The first-order valence-electron chi connectivity index (χ1n) is 9.55. The topological polar surface area (TPSA) is 75.7 Å². The fourth-order valence-corrected chi connectivity index (χ4v) is 3.67. The molecule has 1 aliphatic carbocycles. The molecule has 6 nitrogen and oxygen atoms in total. The number of carbonyl (C=O) groups excluding carboxylic acids is 3. The second kappa shape index (κ2) is 8.10. The highest BCUT2D eigenvalue weighted by atomic mass is 19.3. The molecule has 2 rings (SSSR count). The van der Waals surface area contributed by atoms with E-state index in [4.69, 9.17) is 4.74 Å². The molecule has 0 radical (unpaired) electrons. The van der Waals surface area contributed by atoms with Gasteiger partial charge in [-0.25, -0.2) is 13.6 Å². The van der Waals surface area contributed by atoms with E-state index in [1.165, 1.54) is 0 Å². The summed E-state index contributed by atoms with van der Waals surface area (Å²) in [7, 11) is 0. The standard InChI is InChI=1S/C19H30F2N2O4/c1-12(13-5-7-14(24)8-6-13)15(27-17(26)22-18(2,3)4)16(25)23-10-9-19(20,21)11-23/h12-13,15H,5-11H2,1-4H3,(H,22,26)/t12-,15-/m0/s1. The first-order chi connectivity index (χ1) is 12.4. The molecule has 2 amide bonds.